The first-order chi connectivity index (χ1) is 0. The average molecular weight is 275 g/mol. The molecule has 0 N–H and O–H groups in total. The Kier molecular flexibility index (Phi) is 196. The van der Waals surface area contributed by atoms with Gasteiger partial charge >= 0.3 is 61.3 Å². The molecule has 0 aromatic carbocycles. The van der Waals surface area contributed by atoms with E-state index < -0.39 is 0 Å². The molecule has 2 radical (unpaired) electrons. The van der Waals surface area contributed by atoms with Gasteiger partial charge in [0.1, 0.15) is 0 Å². The fraction of sp³-hybridized carbons (Fsp3) is 0. The minimum absolute atomic E-state index is 0. The minimum Gasteiger partial charge on any atom is -2.00 e. The van der Waals surface area contributed by atoms with Crippen LogP contribution in [0.1, 0.15) is 0 Å². The van der Waals surface area contributed by atoms with Gasteiger partial charge in [-0.15, -0.1) is 0 Å². The summed E-state index contributed by atoms with van der Waals surface area (Å²) in [5, 5.41) is 0. The van der Waals surface area contributed by atoms with Crippen molar-refractivity contribution in [2.45, 2.75) is 0 Å². The van der Waals surface area contributed by atoms with Gasteiger partial charge < -0.3 is 5.48 Å². The summed E-state index contributed by atoms with van der Waals surface area (Å²) in [5.74, 6) is 0. The van der Waals surface area contributed by atoms with Gasteiger partial charge in [0.15, 0.2) is 0 Å². The second-order valence-corrected chi connectivity index (χ2v) is 0. The van der Waals surface area contributed by atoms with Gasteiger partial charge in [-0.1, -0.05) is 0 Å². The predicted molar refractivity (Wildman–Crippen MR) is 12.2 cm³/mol. The molecule has 0 aromatic heterocycles. The van der Waals surface area contributed by atoms with E-state index in [0.29, 0.717) is 0 Å². The standard InChI is InChI=1S/As.O.Sn.Zn/q+3;-2;+4;+2. The molecule has 1 nitrogen and oxygen atoms in total. The van der Waals surface area contributed by atoms with E-state index >= 15 is 0 Å². The monoisotopic (exact) mass is 275 g/mol. The molecule has 0 aliphatic rings. The Labute approximate surface area is 66.2 Å². The first kappa shape index (κ1) is 38.5. The zero-order valence-electron chi connectivity index (χ0n) is 2.06. The molecule has 0 saturated heterocycles. The van der Waals surface area contributed by atoms with E-state index in [9.17, 15) is 0 Å². The summed E-state index contributed by atoms with van der Waals surface area (Å²) in [6, 6.07) is 0. The Morgan fingerprint density at radius 1 is 1.00 bits per heavy atom. The fourth-order valence-electron chi connectivity index (χ4n) is 0. The van der Waals surface area contributed by atoms with Gasteiger partial charge in [0.05, 0.1) is 0 Å². The van der Waals surface area contributed by atoms with Crippen LogP contribution in [-0.4, -0.2) is 41.9 Å². The topological polar surface area (TPSA) is 28.5 Å². The molecule has 0 rings (SSSR count). The van der Waals surface area contributed by atoms with Crippen molar-refractivity contribution in [3.05, 3.63) is 0 Å². The van der Waals surface area contributed by atoms with Crippen molar-refractivity contribution in [2.24, 2.45) is 0 Å². The van der Waals surface area contributed by atoms with Gasteiger partial charge in [0, 0.05) is 0 Å². The van der Waals surface area contributed by atoms with E-state index in [1.54, 1.807) is 0 Å². The Hall–Kier alpha value is 1.94. The summed E-state index contributed by atoms with van der Waals surface area (Å²) in [5.41, 5.74) is 0. The third-order valence-electron chi connectivity index (χ3n) is 0. The first-order valence-electron chi connectivity index (χ1n) is 0. The molecule has 0 aliphatic heterocycles. The summed E-state index contributed by atoms with van der Waals surface area (Å²) in [4.78, 5) is 0. The normalized spacial score (nSPS) is 0. The molecule has 0 amide bonds. The van der Waals surface area contributed by atoms with Crippen LogP contribution in [0.25, 0.3) is 0 Å². The van der Waals surface area contributed by atoms with Crippen LogP contribution in [0.5, 0.6) is 0 Å². The molecule has 0 spiro atoms. The van der Waals surface area contributed by atoms with Crippen molar-refractivity contribution < 1.29 is 25.0 Å². The van der Waals surface area contributed by atoms with Crippen LogP contribution < -0.4 is 0 Å². The van der Waals surface area contributed by atoms with Crippen molar-refractivity contribution in [1.29, 1.82) is 0 Å². The predicted octanol–water partition coefficient (Wildman–Crippen LogP) is -0.883. The summed E-state index contributed by atoms with van der Waals surface area (Å²) < 4.78 is 0. The summed E-state index contributed by atoms with van der Waals surface area (Å²) in [6.07, 6.45) is 0. The Balaban J connectivity index is 0. The average Bonchev–Trinajstić information content (AvgIpc) is 0. The minimum atomic E-state index is 0. The molecule has 0 fully saturated rings. The second kappa shape index (κ2) is 20.4. The molecule has 0 atom stereocenters. The number of hydrogen-bond acceptors (Lipinski definition) is 0. The molecule has 0 bridgehead atoms. The molecular weight excluding hydrogens is 275 g/mol. The maximum atomic E-state index is 0. The van der Waals surface area contributed by atoms with Crippen LogP contribution in [0.2, 0.25) is 0 Å². The van der Waals surface area contributed by atoms with Gasteiger partial charge in [0.25, 0.3) is 0 Å². The van der Waals surface area contributed by atoms with Crippen LogP contribution in [0.4, 0.5) is 0 Å². The molecule has 4 heteroatoms. The zero-order chi connectivity index (χ0) is 0. The Morgan fingerprint density at radius 2 is 1.00 bits per heavy atom. The smallest absolute Gasteiger partial charge is 2.00 e. The van der Waals surface area contributed by atoms with Crippen molar-refractivity contribution in [2.75, 3.05) is 0 Å². The van der Waals surface area contributed by atoms with Crippen molar-refractivity contribution in [3.63, 3.8) is 0 Å². The molecule has 0 saturated carbocycles. The van der Waals surface area contributed by atoms with Gasteiger partial charge in [-0.3, -0.25) is 0 Å². The largest absolute Gasteiger partial charge is 4.00 e. The molecule has 0 unspecified atom stereocenters. The Bertz CT molecular complexity index is 8.00. The van der Waals surface area contributed by atoms with Crippen LogP contribution in [0, 0.1) is 0 Å². The van der Waals surface area contributed by atoms with E-state index in [0.717, 1.165) is 0 Å². The second-order valence-electron chi connectivity index (χ2n) is 0. The molecule has 4 heavy (non-hydrogen) atoms. The van der Waals surface area contributed by atoms with Crippen molar-refractivity contribution in [1.82, 2.24) is 0 Å². The van der Waals surface area contributed by atoms with Crippen molar-refractivity contribution in [3.8, 4) is 0 Å². The quantitative estimate of drug-likeness (QED) is 0.514. The molecule has 0 aliphatic carbocycles. The van der Waals surface area contributed by atoms with Crippen LogP contribution >= 0.6 is 0 Å². The van der Waals surface area contributed by atoms with E-state index in [4.69, 9.17) is 0 Å². The van der Waals surface area contributed by atoms with E-state index in [2.05, 4.69) is 0 Å². The number of hydrogen-bond donors (Lipinski definition) is 0. The zero-order valence-corrected chi connectivity index (χ0v) is 9.76. The van der Waals surface area contributed by atoms with E-state index in [-0.39, 0.29) is 66.8 Å². The van der Waals surface area contributed by atoms with Gasteiger partial charge in [0.2, 0.25) is 0 Å². The molecule has 10 valence electrons. The first-order valence-corrected chi connectivity index (χ1v) is 0. The molecule has 0 heterocycles. The molecular formula is AsOSnZn+7. The van der Waals surface area contributed by atoms with Crippen LogP contribution in [0.15, 0.2) is 0 Å². The SMILES string of the molecule is [As+3].[O-2].[Sn+4].[Zn+2]. The summed E-state index contributed by atoms with van der Waals surface area (Å²) in [7, 11) is 0. The van der Waals surface area contributed by atoms with Gasteiger partial charge in [-0.25, -0.2) is 0 Å². The van der Waals surface area contributed by atoms with Crippen molar-refractivity contribution >= 4 is 41.9 Å². The van der Waals surface area contributed by atoms with Crippen LogP contribution in [0.3, 0.4) is 0 Å². The Morgan fingerprint density at radius 3 is 1.00 bits per heavy atom. The van der Waals surface area contributed by atoms with E-state index in [1.165, 1.54) is 0 Å². The maximum absolute atomic E-state index is 0. The summed E-state index contributed by atoms with van der Waals surface area (Å²) >= 11 is 0. The third kappa shape index (κ3) is 9.05. The third-order valence-corrected chi connectivity index (χ3v) is 0. The summed E-state index contributed by atoms with van der Waals surface area (Å²) in [6.45, 7) is 0. The fourth-order valence-corrected chi connectivity index (χ4v) is 0. The van der Waals surface area contributed by atoms with Gasteiger partial charge in [-0.05, 0) is 0 Å². The molecule has 0 aromatic rings. The van der Waals surface area contributed by atoms with E-state index in [1.807, 2.05) is 0 Å². The van der Waals surface area contributed by atoms with Crippen LogP contribution in [-0.2, 0) is 25.0 Å². The number of rotatable bonds is 0. The maximum Gasteiger partial charge on any atom is 4.00 e. The van der Waals surface area contributed by atoms with Gasteiger partial charge in [-0.2, -0.15) is 0 Å².